The van der Waals surface area contributed by atoms with Crippen LogP contribution in [-0.2, 0) is 6.42 Å². The summed E-state index contributed by atoms with van der Waals surface area (Å²) < 4.78 is 0. The van der Waals surface area contributed by atoms with Gasteiger partial charge in [-0.1, -0.05) is 27.2 Å². The molecule has 4 unspecified atom stereocenters. The van der Waals surface area contributed by atoms with Gasteiger partial charge in [0.1, 0.15) is 0 Å². The summed E-state index contributed by atoms with van der Waals surface area (Å²) in [6, 6.07) is 2.70. The number of pyridine rings is 1. The average Bonchev–Trinajstić information content (AvgIpc) is 2.44. The molecular formula is C17H28N2. The van der Waals surface area contributed by atoms with Gasteiger partial charge in [-0.3, -0.25) is 4.98 Å². The summed E-state index contributed by atoms with van der Waals surface area (Å²) in [5.74, 6) is 2.50. The van der Waals surface area contributed by atoms with Crippen molar-refractivity contribution in [2.45, 2.75) is 52.5 Å². The largest absolute Gasteiger partial charge is 0.313 e. The molecule has 19 heavy (non-hydrogen) atoms. The summed E-state index contributed by atoms with van der Waals surface area (Å²) in [5.41, 5.74) is 2.86. The van der Waals surface area contributed by atoms with Gasteiger partial charge in [0.05, 0.1) is 0 Å². The first kappa shape index (κ1) is 14.5. The molecule has 0 bridgehead atoms. The molecule has 0 aliphatic heterocycles. The normalized spacial score (nSPS) is 29.2. The Morgan fingerprint density at radius 2 is 2.11 bits per heavy atom. The fourth-order valence-electron chi connectivity index (χ4n) is 3.57. The summed E-state index contributed by atoms with van der Waals surface area (Å²) in [7, 11) is 2.10. The van der Waals surface area contributed by atoms with Gasteiger partial charge in [-0.15, -0.1) is 0 Å². The molecule has 2 nitrogen and oxygen atoms in total. The van der Waals surface area contributed by atoms with Crippen LogP contribution >= 0.6 is 0 Å². The van der Waals surface area contributed by atoms with Crippen LogP contribution in [0.15, 0.2) is 18.5 Å². The van der Waals surface area contributed by atoms with Crippen LogP contribution in [0, 0.1) is 17.8 Å². The number of rotatable bonds is 4. The highest BCUT2D eigenvalue weighted by Crippen LogP contribution is 2.40. The van der Waals surface area contributed by atoms with E-state index < -0.39 is 0 Å². The van der Waals surface area contributed by atoms with Crippen LogP contribution in [0.3, 0.4) is 0 Å². The number of aryl methyl sites for hydroxylation is 1. The molecule has 1 aliphatic carbocycles. The fourth-order valence-corrected chi connectivity index (χ4v) is 3.57. The first-order valence-corrected chi connectivity index (χ1v) is 7.77. The third kappa shape index (κ3) is 3.17. The SMILES string of the molecule is CCc1cnccc1C(NC)C1CCC(C)C(C)C1. The molecule has 106 valence electrons. The van der Waals surface area contributed by atoms with Crippen LogP contribution < -0.4 is 5.32 Å². The molecule has 4 atom stereocenters. The van der Waals surface area contributed by atoms with Crippen LogP contribution in [0.4, 0.5) is 0 Å². The Morgan fingerprint density at radius 3 is 2.74 bits per heavy atom. The molecule has 1 heterocycles. The van der Waals surface area contributed by atoms with Crippen LogP contribution in [0.25, 0.3) is 0 Å². The predicted octanol–water partition coefficient (Wildman–Crippen LogP) is 3.98. The molecular weight excluding hydrogens is 232 g/mol. The number of hydrogen-bond acceptors (Lipinski definition) is 2. The van der Waals surface area contributed by atoms with Gasteiger partial charge in [0.25, 0.3) is 0 Å². The van der Waals surface area contributed by atoms with Crippen molar-refractivity contribution in [1.82, 2.24) is 10.3 Å². The van der Waals surface area contributed by atoms with Gasteiger partial charge in [-0.2, -0.15) is 0 Å². The van der Waals surface area contributed by atoms with E-state index in [2.05, 4.69) is 44.2 Å². The topological polar surface area (TPSA) is 24.9 Å². The smallest absolute Gasteiger partial charge is 0.0350 e. The molecule has 0 amide bonds. The minimum absolute atomic E-state index is 0.493. The highest BCUT2D eigenvalue weighted by molar-refractivity contribution is 5.27. The molecule has 1 aromatic rings. The van der Waals surface area contributed by atoms with Crippen molar-refractivity contribution in [2.24, 2.45) is 17.8 Å². The maximum atomic E-state index is 4.28. The minimum Gasteiger partial charge on any atom is -0.313 e. The second kappa shape index (κ2) is 6.51. The lowest BCUT2D eigenvalue weighted by atomic mass is 9.71. The fraction of sp³-hybridized carbons (Fsp3) is 0.706. The Morgan fingerprint density at radius 1 is 1.32 bits per heavy atom. The van der Waals surface area contributed by atoms with Crippen molar-refractivity contribution >= 4 is 0 Å². The number of aromatic nitrogens is 1. The van der Waals surface area contributed by atoms with Gasteiger partial charge in [0.15, 0.2) is 0 Å². The van der Waals surface area contributed by atoms with Crippen molar-refractivity contribution in [3.8, 4) is 0 Å². The Balaban J connectivity index is 2.20. The van der Waals surface area contributed by atoms with E-state index in [1.54, 1.807) is 0 Å². The van der Waals surface area contributed by atoms with Crippen LogP contribution in [-0.4, -0.2) is 12.0 Å². The quantitative estimate of drug-likeness (QED) is 0.886. The van der Waals surface area contributed by atoms with E-state index in [0.717, 1.165) is 24.2 Å². The molecule has 1 fully saturated rings. The van der Waals surface area contributed by atoms with Gasteiger partial charge in [0.2, 0.25) is 0 Å². The number of nitrogens with zero attached hydrogens (tertiary/aromatic N) is 1. The van der Waals surface area contributed by atoms with Crippen LogP contribution in [0.1, 0.15) is 57.2 Å². The Bertz CT molecular complexity index is 402. The van der Waals surface area contributed by atoms with Gasteiger partial charge in [-0.05, 0) is 61.3 Å². The summed E-state index contributed by atoms with van der Waals surface area (Å²) in [5, 5.41) is 3.57. The molecule has 1 N–H and O–H groups in total. The summed E-state index contributed by atoms with van der Waals surface area (Å²) >= 11 is 0. The zero-order valence-electron chi connectivity index (χ0n) is 12.8. The maximum absolute atomic E-state index is 4.28. The molecule has 0 radical (unpaired) electrons. The van der Waals surface area contributed by atoms with E-state index in [0.29, 0.717) is 6.04 Å². The zero-order valence-corrected chi connectivity index (χ0v) is 12.8. The van der Waals surface area contributed by atoms with E-state index in [1.807, 2.05) is 12.4 Å². The molecule has 2 heteroatoms. The van der Waals surface area contributed by atoms with Crippen molar-refractivity contribution < 1.29 is 0 Å². The number of nitrogens with one attached hydrogen (secondary N) is 1. The van der Waals surface area contributed by atoms with Gasteiger partial charge < -0.3 is 5.32 Å². The van der Waals surface area contributed by atoms with Crippen molar-refractivity contribution in [3.63, 3.8) is 0 Å². The van der Waals surface area contributed by atoms with E-state index >= 15 is 0 Å². The Labute approximate surface area is 118 Å². The van der Waals surface area contributed by atoms with Gasteiger partial charge in [0, 0.05) is 18.4 Å². The molecule has 2 rings (SSSR count). The summed E-state index contributed by atoms with van der Waals surface area (Å²) in [4.78, 5) is 4.28. The third-order valence-corrected chi connectivity index (χ3v) is 5.08. The lowest BCUT2D eigenvalue weighted by Crippen LogP contribution is -2.32. The Hall–Kier alpha value is -0.890. The van der Waals surface area contributed by atoms with Crippen molar-refractivity contribution in [1.29, 1.82) is 0 Å². The van der Waals surface area contributed by atoms with Crippen LogP contribution in [0.5, 0.6) is 0 Å². The lowest BCUT2D eigenvalue weighted by molar-refractivity contribution is 0.174. The van der Waals surface area contributed by atoms with Crippen LogP contribution in [0.2, 0.25) is 0 Å². The molecule has 0 spiro atoms. The van der Waals surface area contributed by atoms with E-state index in [1.165, 1.54) is 30.4 Å². The molecule has 1 saturated carbocycles. The van der Waals surface area contributed by atoms with Crippen molar-refractivity contribution in [2.75, 3.05) is 7.05 Å². The zero-order chi connectivity index (χ0) is 13.8. The Kier molecular flexibility index (Phi) is 4.98. The minimum atomic E-state index is 0.493. The highest BCUT2D eigenvalue weighted by Gasteiger charge is 2.30. The van der Waals surface area contributed by atoms with E-state index in [4.69, 9.17) is 0 Å². The summed E-state index contributed by atoms with van der Waals surface area (Å²) in [6.45, 7) is 7.04. The monoisotopic (exact) mass is 260 g/mol. The number of hydrogen-bond donors (Lipinski definition) is 1. The highest BCUT2D eigenvalue weighted by atomic mass is 14.9. The third-order valence-electron chi connectivity index (χ3n) is 5.08. The molecule has 0 saturated heterocycles. The van der Waals surface area contributed by atoms with Gasteiger partial charge >= 0.3 is 0 Å². The molecule has 0 aromatic carbocycles. The lowest BCUT2D eigenvalue weighted by Gasteiger charge is -2.37. The second-order valence-corrected chi connectivity index (χ2v) is 6.22. The molecule has 1 aromatic heterocycles. The second-order valence-electron chi connectivity index (χ2n) is 6.22. The average molecular weight is 260 g/mol. The predicted molar refractivity (Wildman–Crippen MR) is 81.1 cm³/mol. The first-order chi connectivity index (χ1) is 9.17. The van der Waals surface area contributed by atoms with Gasteiger partial charge in [-0.25, -0.2) is 0 Å². The maximum Gasteiger partial charge on any atom is 0.0350 e. The van der Waals surface area contributed by atoms with Crippen molar-refractivity contribution in [3.05, 3.63) is 29.6 Å². The van der Waals surface area contributed by atoms with E-state index in [-0.39, 0.29) is 0 Å². The first-order valence-electron chi connectivity index (χ1n) is 7.77. The van der Waals surface area contributed by atoms with E-state index in [9.17, 15) is 0 Å². The molecule has 1 aliphatic rings. The summed E-state index contributed by atoms with van der Waals surface area (Å²) in [6.07, 6.45) is 9.11. The standard InChI is InChI=1S/C17H28N2/c1-5-14-11-19-9-8-16(14)17(18-4)15-7-6-12(2)13(3)10-15/h8-9,11-13,15,17-18H,5-7,10H2,1-4H3.